The summed E-state index contributed by atoms with van der Waals surface area (Å²) in [6.07, 6.45) is 2.07. The van der Waals surface area contributed by atoms with E-state index in [9.17, 15) is 9.59 Å². The van der Waals surface area contributed by atoms with Crippen LogP contribution in [-0.4, -0.2) is 41.7 Å². The fourth-order valence-corrected chi connectivity index (χ4v) is 4.63. The van der Waals surface area contributed by atoms with Gasteiger partial charge in [0.05, 0.1) is 5.01 Å². The van der Waals surface area contributed by atoms with Gasteiger partial charge in [-0.3, -0.25) is 4.79 Å². The molecule has 0 bridgehead atoms. The van der Waals surface area contributed by atoms with Crippen LogP contribution in [0.3, 0.4) is 0 Å². The predicted molar refractivity (Wildman–Crippen MR) is 120 cm³/mol. The highest BCUT2D eigenvalue weighted by atomic mass is 32.1. The molecule has 31 heavy (non-hydrogen) atoms. The maximum absolute atomic E-state index is 12.9. The molecular weight excluding hydrogens is 414 g/mol. The first-order valence-electron chi connectivity index (χ1n) is 10.1. The van der Waals surface area contributed by atoms with Crippen LogP contribution in [0.25, 0.3) is 11.3 Å². The number of carboxylic acid groups (broad SMARTS) is 1. The van der Waals surface area contributed by atoms with E-state index in [2.05, 4.69) is 10.6 Å². The van der Waals surface area contributed by atoms with E-state index in [-0.39, 0.29) is 5.91 Å². The van der Waals surface area contributed by atoms with E-state index in [4.69, 9.17) is 14.8 Å². The van der Waals surface area contributed by atoms with Crippen LogP contribution in [0.4, 0.5) is 5.00 Å². The lowest BCUT2D eigenvalue weighted by molar-refractivity contribution is -0.139. The van der Waals surface area contributed by atoms with E-state index in [0.29, 0.717) is 17.2 Å². The topological polar surface area (TPSA) is 101 Å². The molecule has 8 heteroatoms. The van der Waals surface area contributed by atoms with Crippen LogP contribution < -0.4 is 15.4 Å². The van der Waals surface area contributed by atoms with Gasteiger partial charge in [0.1, 0.15) is 16.4 Å². The Balaban J connectivity index is 1.55. The summed E-state index contributed by atoms with van der Waals surface area (Å²) in [5.74, 6) is -0.507. The van der Waals surface area contributed by atoms with Crippen LogP contribution in [0.5, 0.6) is 5.75 Å². The van der Waals surface area contributed by atoms with Crippen LogP contribution >= 0.6 is 11.3 Å². The van der Waals surface area contributed by atoms with Crippen molar-refractivity contribution in [3.63, 3.8) is 0 Å². The number of nitrogens with zero attached hydrogens (tertiary/aromatic N) is 1. The molecule has 1 aromatic heterocycles. The number of benzene rings is 2. The maximum Gasteiger partial charge on any atom is 0.341 e. The number of nitrogens with one attached hydrogen (secondary N) is 2. The standard InChI is InChI=1S/C23H23N3O4S/c27-19(28)14-30-18-8-6-16(7-9-18)21(29)26-23-20(15-4-2-1-3-5-15)25-22(31-23)17-10-12-24-13-11-17/h1-9,17,24H,10-14H2,(H,26,29)(H,27,28). The largest absolute Gasteiger partial charge is 0.482 e. The molecule has 1 aliphatic rings. The number of aromatic nitrogens is 1. The number of carbonyl (C=O) groups excluding carboxylic acids is 1. The van der Waals surface area contributed by atoms with E-state index in [1.54, 1.807) is 24.3 Å². The van der Waals surface area contributed by atoms with Crippen LogP contribution in [0.2, 0.25) is 0 Å². The molecule has 0 saturated carbocycles. The molecule has 1 saturated heterocycles. The number of carboxylic acids is 1. The number of thiazole rings is 1. The number of rotatable bonds is 7. The zero-order chi connectivity index (χ0) is 21.6. The van der Waals surface area contributed by atoms with Gasteiger partial charge in [-0.1, -0.05) is 30.3 Å². The number of hydrogen-bond acceptors (Lipinski definition) is 6. The number of amides is 1. The normalized spacial score (nSPS) is 14.2. The molecule has 1 amide bonds. The van der Waals surface area contributed by atoms with Gasteiger partial charge in [-0.2, -0.15) is 0 Å². The molecule has 0 spiro atoms. The second kappa shape index (κ2) is 9.72. The van der Waals surface area contributed by atoms with Gasteiger partial charge in [0.2, 0.25) is 0 Å². The molecule has 0 radical (unpaired) electrons. The molecular formula is C23H23N3O4S. The van der Waals surface area contributed by atoms with Crippen molar-refractivity contribution in [1.29, 1.82) is 0 Å². The minimum atomic E-state index is -1.05. The van der Waals surface area contributed by atoms with Crippen LogP contribution in [0, 0.1) is 0 Å². The Morgan fingerprint density at radius 3 is 2.48 bits per heavy atom. The zero-order valence-corrected chi connectivity index (χ0v) is 17.7. The fourth-order valence-electron chi connectivity index (χ4n) is 3.48. The highest BCUT2D eigenvalue weighted by Gasteiger charge is 2.23. The van der Waals surface area contributed by atoms with Crippen LogP contribution in [0.1, 0.15) is 34.1 Å². The first-order valence-corrected chi connectivity index (χ1v) is 10.9. The molecule has 7 nitrogen and oxygen atoms in total. The smallest absolute Gasteiger partial charge is 0.341 e. The van der Waals surface area contributed by atoms with Crippen molar-refractivity contribution < 1.29 is 19.4 Å². The summed E-state index contributed by atoms with van der Waals surface area (Å²) >= 11 is 1.54. The van der Waals surface area contributed by atoms with Gasteiger partial charge in [-0.15, -0.1) is 11.3 Å². The summed E-state index contributed by atoms with van der Waals surface area (Å²) in [5, 5.41) is 16.9. The van der Waals surface area contributed by atoms with Gasteiger partial charge in [0, 0.05) is 17.0 Å². The van der Waals surface area contributed by atoms with Gasteiger partial charge >= 0.3 is 5.97 Å². The fraction of sp³-hybridized carbons (Fsp3) is 0.261. The third-order valence-corrected chi connectivity index (χ3v) is 6.22. The lowest BCUT2D eigenvalue weighted by Crippen LogP contribution is -2.26. The number of anilines is 1. The van der Waals surface area contributed by atoms with E-state index < -0.39 is 12.6 Å². The van der Waals surface area contributed by atoms with Crippen molar-refractivity contribution in [2.24, 2.45) is 0 Å². The molecule has 1 fully saturated rings. The molecule has 3 aromatic rings. The number of ether oxygens (including phenoxy) is 1. The van der Waals surface area contributed by atoms with Crippen molar-refractivity contribution in [2.45, 2.75) is 18.8 Å². The number of hydrogen-bond donors (Lipinski definition) is 3. The highest BCUT2D eigenvalue weighted by molar-refractivity contribution is 7.16. The van der Waals surface area contributed by atoms with Crippen molar-refractivity contribution in [2.75, 3.05) is 25.0 Å². The maximum atomic E-state index is 12.9. The van der Waals surface area contributed by atoms with Crippen molar-refractivity contribution in [3.05, 3.63) is 65.2 Å². The molecule has 2 aromatic carbocycles. The molecule has 3 N–H and O–H groups in total. The first kappa shape index (κ1) is 21.0. The minimum absolute atomic E-state index is 0.248. The van der Waals surface area contributed by atoms with Crippen molar-refractivity contribution in [3.8, 4) is 17.0 Å². The zero-order valence-electron chi connectivity index (χ0n) is 16.8. The third kappa shape index (κ3) is 5.28. The molecule has 0 unspecified atom stereocenters. The van der Waals surface area contributed by atoms with Gasteiger partial charge in [0.25, 0.3) is 5.91 Å². The SMILES string of the molecule is O=C(O)COc1ccc(C(=O)Nc2sc(C3CCNCC3)nc2-c2ccccc2)cc1. The van der Waals surface area contributed by atoms with Crippen molar-refractivity contribution >= 4 is 28.2 Å². The number of aliphatic carboxylic acids is 1. The summed E-state index contributed by atoms with van der Waals surface area (Å²) < 4.78 is 5.12. The van der Waals surface area contributed by atoms with Crippen LogP contribution in [-0.2, 0) is 4.79 Å². The summed E-state index contributed by atoms with van der Waals surface area (Å²) in [7, 11) is 0. The average molecular weight is 438 g/mol. The highest BCUT2D eigenvalue weighted by Crippen LogP contribution is 2.39. The lowest BCUT2D eigenvalue weighted by atomic mass is 9.99. The molecule has 1 aliphatic heterocycles. The number of carbonyl (C=O) groups is 2. The average Bonchev–Trinajstić information content (AvgIpc) is 3.23. The molecule has 160 valence electrons. The summed E-state index contributed by atoms with van der Waals surface area (Å²) in [6, 6.07) is 16.3. The predicted octanol–water partition coefficient (Wildman–Crippen LogP) is 3.99. The van der Waals surface area contributed by atoms with Gasteiger partial charge in [-0.05, 0) is 50.2 Å². The Morgan fingerprint density at radius 2 is 1.81 bits per heavy atom. The van der Waals surface area contributed by atoms with Gasteiger partial charge in [-0.25, -0.2) is 9.78 Å². The second-order valence-electron chi connectivity index (χ2n) is 7.28. The Kier molecular flexibility index (Phi) is 6.59. The Morgan fingerprint density at radius 1 is 1.10 bits per heavy atom. The summed E-state index contributed by atoms with van der Waals surface area (Å²) in [6.45, 7) is 1.53. The van der Waals surface area contributed by atoms with E-state index >= 15 is 0 Å². The van der Waals surface area contributed by atoms with E-state index in [1.165, 1.54) is 11.3 Å². The Labute approximate surface area is 184 Å². The molecule has 0 aliphatic carbocycles. The van der Waals surface area contributed by atoms with Gasteiger partial charge < -0.3 is 20.5 Å². The van der Waals surface area contributed by atoms with Crippen LogP contribution in [0.15, 0.2) is 54.6 Å². The van der Waals surface area contributed by atoms with Gasteiger partial charge in [0.15, 0.2) is 6.61 Å². The third-order valence-electron chi connectivity index (χ3n) is 5.09. The molecule has 4 rings (SSSR count). The summed E-state index contributed by atoms with van der Waals surface area (Å²) in [5.41, 5.74) is 2.21. The van der Waals surface area contributed by atoms with E-state index in [0.717, 1.165) is 47.2 Å². The molecule has 0 atom stereocenters. The monoisotopic (exact) mass is 437 g/mol. The number of piperidine rings is 1. The quantitative estimate of drug-likeness (QED) is 0.517. The van der Waals surface area contributed by atoms with E-state index in [1.807, 2.05) is 30.3 Å². The second-order valence-corrected chi connectivity index (χ2v) is 8.31. The first-order chi connectivity index (χ1) is 15.1. The Hall–Kier alpha value is -3.23. The molecule has 2 heterocycles. The Bertz CT molecular complexity index is 1040. The minimum Gasteiger partial charge on any atom is -0.482 e. The summed E-state index contributed by atoms with van der Waals surface area (Å²) in [4.78, 5) is 28.4. The lowest BCUT2D eigenvalue weighted by Gasteiger charge is -2.20. The van der Waals surface area contributed by atoms with Crippen molar-refractivity contribution in [1.82, 2.24) is 10.3 Å².